The number of urea groups is 1. The van der Waals surface area contributed by atoms with Gasteiger partial charge in [-0.15, -0.1) is 0 Å². The first-order valence-corrected chi connectivity index (χ1v) is 31.3. The van der Waals surface area contributed by atoms with Gasteiger partial charge in [0.2, 0.25) is 29.5 Å². The molecule has 4 heterocycles. The summed E-state index contributed by atoms with van der Waals surface area (Å²) in [4.78, 5) is 121. The van der Waals surface area contributed by atoms with Crippen molar-refractivity contribution < 1.29 is 82.2 Å². The summed E-state index contributed by atoms with van der Waals surface area (Å²) in [6, 6.07) is 3.71. The second-order valence-corrected chi connectivity index (χ2v) is 25.0. The number of allylic oxidation sites excluding steroid dienone is 2. The maximum atomic E-state index is 13.9. The third kappa shape index (κ3) is 22.8. The van der Waals surface area contributed by atoms with Crippen LogP contribution in [0.2, 0.25) is 0 Å². The molecule has 3 saturated heterocycles. The van der Waals surface area contributed by atoms with Gasteiger partial charge in [-0.3, -0.25) is 33.7 Å². The number of hydrogen-bond donors (Lipinski definition) is 8. The number of aliphatic hydroxyl groups is 3. The number of imide groups is 1. The Hall–Kier alpha value is -6.93. The number of hydrogen-bond acceptors (Lipinski definition) is 17. The summed E-state index contributed by atoms with van der Waals surface area (Å²) in [5.41, 5.74) is 4.50. The van der Waals surface area contributed by atoms with Gasteiger partial charge in [-0.1, -0.05) is 84.4 Å². The number of nitrogens with one attached hydrogen (secondary N) is 4. The average molecular weight is 1250 g/mol. The summed E-state index contributed by atoms with van der Waals surface area (Å²) < 4.78 is 29.5. The van der Waals surface area contributed by atoms with Crippen molar-refractivity contribution in [2.75, 3.05) is 51.7 Å². The average Bonchev–Trinajstić information content (AvgIpc) is 2.06. The molecule has 0 saturated carbocycles. The predicted molar refractivity (Wildman–Crippen MR) is 329 cm³/mol. The van der Waals surface area contributed by atoms with E-state index in [0.717, 1.165) is 0 Å². The Bertz CT molecular complexity index is 2680. The number of likely N-dealkylation sites (tertiary alicyclic amines) is 1. The van der Waals surface area contributed by atoms with E-state index in [1.165, 1.54) is 21.8 Å². The Morgan fingerprint density at radius 2 is 1.60 bits per heavy atom. The van der Waals surface area contributed by atoms with Gasteiger partial charge in [-0.25, -0.2) is 14.4 Å². The number of benzene rings is 1. The van der Waals surface area contributed by atoms with Crippen LogP contribution in [0.3, 0.4) is 0 Å². The van der Waals surface area contributed by atoms with Gasteiger partial charge in [0.05, 0.1) is 36.4 Å². The molecule has 1 unspecified atom stereocenters. The summed E-state index contributed by atoms with van der Waals surface area (Å²) >= 11 is 0. The molecule has 89 heavy (non-hydrogen) atoms. The van der Waals surface area contributed by atoms with E-state index in [-0.39, 0.29) is 132 Å². The molecule has 0 radical (unpaired) electrons. The van der Waals surface area contributed by atoms with E-state index >= 15 is 0 Å². The maximum Gasteiger partial charge on any atom is 0.410 e. The van der Waals surface area contributed by atoms with Crippen molar-refractivity contribution in [2.24, 2.45) is 29.4 Å². The lowest BCUT2D eigenvalue weighted by atomic mass is 9.88. The number of nitrogens with zero attached hydrogens (tertiary/aromatic N) is 3. The molecular weight excluding hydrogens is 1150 g/mol. The number of nitrogens with two attached hydrogens (primary N) is 1. The summed E-state index contributed by atoms with van der Waals surface area (Å²) in [6.45, 7) is 17.0. The van der Waals surface area contributed by atoms with Crippen molar-refractivity contribution in [3.8, 4) is 0 Å². The van der Waals surface area contributed by atoms with Crippen LogP contribution in [-0.2, 0) is 59.1 Å². The van der Waals surface area contributed by atoms with Crippen molar-refractivity contribution in [1.29, 1.82) is 0 Å². The van der Waals surface area contributed by atoms with Gasteiger partial charge < -0.3 is 75.8 Å². The van der Waals surface area contributed by atoms with Crippen molar-refractivity contribution in [3.63, 3.8) is 0 Å². The summed E-state index contributed by atoms with van der Waals surface area (Å²) in [7, 11) is 1.48. The number of methoxy groups -OCH3 is 1. The standard InChI is InChI=1S/C64H98N8O17/c1-11-48(74)43(7)56-49(87-56)37-63(8,84)27-15-17-40(4)55-41(5)20-25-50(64(9,85-10)28-26-46(73)36-53(77)89-55)88-62(83)71-33-31-70(32-34-71)61(82)86-38-44-21-23-45(24-22-44)67-57(78)47(18-16-29-66-60(65)81)68-58(79)54(39(2)3)69-51(75)19-13-12-14-30-72-52(76)35-42(6)59(72)80/h15,17,20-25,27,39,41-43,46-50,54-56,73-74,84H,11-14,16,18-19,26,28-38H2,1-10H3,(H,67,78)(H,68,79)(H,69,75)(H3,65,66,81)/b25-20+,27-15+,40-17+/t41-,42?,43+,46+,47-,48-,49+,50-,54-,55+,56+,63-,64+/m0/s1. The highest BCUT2D eigenvalue weighted by atomic mass is 16.6. The van der Waals surface area contributed by atoms with Crippen LogP contribution in [-0.4, -0.2) is 190 Å². The van der Waals surface area contributed by atoms with Crippen molar-refractivity contribution in [1.82, 2.24) is 30.7 Å². The van der Waals surface area contributed by atoms with Crippen LogP contribution < -0.4 is 27.0 Å². The molecule has 0 aromatic heterocycles. The lowest BCUT2D eigenvalue weighted by Gasteiger charge is -2.38. The minimum absolute atomic E-state index is 0.0611. The molecule has 1 aromatic rings. The van der Waals surface area contributed by atoms with Gasteiger partial charge in [0, 0.05) is 89.1 Å². The number of piperazine rings is 1. The van der Waals surface area contributed by atoms with E-state index < -0.39 is 89.6 Å². The molecule has 9 amide bonds. The fourth-order valence-electron chi connectivity index (χ4n) is 11.1. The van der Waals surface area contributed by atoms with Crippen LogP contribution in [0.15, 0.2) is 60.2 Å². The van der Waals surface area contributed by atoms with Gasteiger partial charge in [0.25, 0.3) is 0 Å². The third-order valence-electron chi connectivity index (χ3n) is 17.0. The SMILES string of the molecule is CC[C@H](O)[C@@H](C)[C@H]1O[C@@H]1C[C@@](C)(O)/C=C/C=C(\C)[C@H]1OC(=O)C[C@H](O)CC[C@@](C)(OC)[C@@H](OC(=O)N2CCN(C(=O)OCc3ccc(NC(=O)[C@H](CCCNC(N)=O)NC(=O)[C@@H](NC(=O)CCCCCN4C(=O)CC(C)C4=O)C(C)C)cc3)CC2)/C=C/[C@@H]1C. The quantitative estimate of drug-likeness (QED) is 0.0101. The van der Waals surface area contributed by atoms with E-state index in [1.807, 2.05) is 20.8 Å². The van der Waals surface area contributed by atoms with Crippen LogP contribution in [0.1, 0.15) is 145 Å². The number of primary amides is 1. The summed E-state index contributed by atoms with van der Waals surface area (Å²) in [6.07, 6.45) is 6.96. The molecule has 25 heteroatoms. The minimum Gasteiger partial charge on any atom is -0.457 e. The van der Waals surface area contributed by atoms with Gasteiger partial charge >= 0.3 is 24.2 Å². The summed E-state index contributed by atoms with van der Waals surface area (Å²) in [5, 5.41) is 43.2. The van der Waals surface area contributed by atoms with E-state index in [4.69, 9.17) is 29.4 Å². The summed E-state index contributed by atoms with van der Waals surface area (Å²) in [5.74, 6) is -3.68. The Labute approximate surface area is 523 Å². The van der Waals surface area contributed by atoms with E-state index in [9.17, 15) is 58.5 Å². The zero-order chi connectivity index (χ0) is 65.8. The van der Waals surface area contributed by atoms with E-state index in [2.05, 4.69) is 21.3 Å². The molecule has 496 valence electrons. The molecule has 13 atom stereocenters. The topological polar surface area (TPSA) is 348 Å². The first-order valence-electron chi connectivity index (χ1n) is 31.3. The molecule has 5 rings (SSSR count). The monoisotopic (exact) mass is 1250 g/mol. The Morgan fingerprint density at radius 1 is 0.921 bits per heavy atom. The predicted octanol–water partition coefficient (Wildman–Crippen LogP) is 5.29. The molecule has 3 fully saturated rings. The van der Waals surface area contributed by atoms with E-state index in [1.54, 1.807) is 96.2 Å². The van der Waals surface area contributed by atoms with Crippen molar-refractivity contribution >= 4 is 59.4 Å². The van der Waals surface area contributed by atoms with Crippen molar-refractivity contribution in [2.45, 2.75) is 206 Å². The molecular formula is C64H98N8O17. The highest BCUT2D eigenvalue weighted by molar-refractivity contribution is 6.03. The van der Waals surface area contributed by atoms with Crippen LogP contribution in [0, 0.1) is 23.7 Å². The number of carbonyl (C=O) groups excluding carboxylic acids is 9. The number of cyclic esters (lactones) is 1. The maximum absolute atomic E-state index is 13.9. The first kappa shape index (κ1) is 72.8. The minimum atomic E-state index is -1.23. The number of esters is 1. The van der Waals surface area contributed by atoms with Gasteiger partial charge in [-0.2, -0.15) is 0 Å². The smallest absolute Gasteiger partial charge is 0.410 e. The number of epoxide rings is 1. The first-order chi connectivity index (χ1) is 42.0. The lowest BCUT2D eigenvalue weighted by Crippen LogP contribution is -2.54. The zero-order valence-corrected chi connectivity index (χ0v) is 53.5. The number of anilines is 1. The van der Waals surface area contributed by atoms with Gasteiger partial charge in [0.1, 0.15) is 30.4 Å². The van der Waals surface area contributed by atoms with Crippen molar-refractivity contribution in [3.05, 3.63) is 65.8 Å². The molecule has 9 N–H and O–H groups in total. The molecule has 0 bridgehead atoms. The van der Waals surface area contributed by atoms with Crippen LogP contribution >= 0.6 is 0 Å². The Morgan fingerprint density at radius 3 is 2.21 bits per heavy atom. The lowest BCUT2D eigenvalue weighted by molar-refractivity contribution is -0.151. The van der Waals surface area contributed by atoms with Crippen LogP contribution in [0.25, 0.3) is 0 Å². The molecule has 4 aliphatic rings. The second-order valence-electron chi connectivity index (χ2n) is 25.0. The highest BCUT2D eigenvalue weighted by Gasteiger charge is 2.47. The van der Waals surface area contributed by atoms with Crippen LogP contribution in [0.4, 0.5) is 20.1 Å². The molecule has 1 aromatic carbocycles. The highest BCUT2D eigenvalue weighted by Crippen LogP contribution is 2.38. The van der Waals surface area contributed by atoms with E-state index in [0.29, 0.717) is 55.5 Å². The number of aliphatic hydroxyl groups excluding tert-OH is 2. The van der Waals surface area contributed by atoms with Gasteiger partial charge in [0.15, 0.2) is 6.10 Å². The van der Waals surface area contributed by atoms with Crippen LogP contribution in [0.5, 0.6) is 0 Å². The molecule has 0 spiro atoms. The zero-order valence-electron chi connectivity index (χ0n) is 53.5. The fourth-order valence-corrected chi connectivity index (χ4v) is 11.1. The largest absolute Gasteiger partial charge is 0.457 e. The molecule has 0 aliphatic carbocycles. The number of ether oxygens (including phenoxy) is 5. The Kier molecular flexibility index (Phi) is 28.1. The third-order valence-corrected chi connectivity index (χ3v) is 17.0. The fraction of sp³-hybridized carbons (Fsp3) is 0.672. The number of unbranched alkanes of at least 4 members (excludes halogenated alkanes) is 2. The second kappa shape index (κ2) is 34.3. The molecule has 4 aliphatic heterocycles. The molecule has 25 nitrogen and oxygen atoms in total. The number of rotatable bonds is 28. The number of amides is 9. The Balaban J connectivity index is 1.12. The normalized spacial score (nSPS) is 26.0. The number of carbonyl (C=O) groups is 9. The van der Waals surface area contributed by atoms with Gasteiger partial charge in [-0.05, 0) is 101 Å².